The average molecular weight is 529 g/mol. The molecule has 3 rings (SSSR count). The number of alkyl halides is 1. The Bertz CT molecular complexity index is 1250. The van der Waals surface area contributed by atoms with Crippen LogP contribution in [0, 0.1) is 0 Å². The van der Waals surface area contributed by atoms with Gasteiger partial charge in [0.15, 0.2) is 11.9 Å². The molecule has 0 aliphatic carbocycles. The van der Waals surface area contributed by atoms with Gasteiger partial charge in [0, 0.05) is 12.3 Å². The summed E-state index contributed by atoms with van der Waals surface area (Å²) in [5.74, 6) is -1.01. The zero-order valence-corrected chi connectivity index (χ0v) is 21.0. The third kappa shape index (κ3) is 5.45. The number of nitrogens with zero attached hydrogens (tertiary/aromatic N) is 1. The van der Waals surface area contributed by atoms with Crippen molar-refractivity contribution < 1.29 is 37.4 Å². The van der Waals surface area contributed by atoms with E-state index >= 15 is 4.39 Å². The minimum absolute atomic E-state index is 0.0655. The number of aliphatic hydroxyl groups excluding tert-OH is 1. The lowest BCUT2D eigenvalue weighted by atomic mass is 9.98. The molecule has 0 bridgehead atoms. The summed E-state index contributed by atoms with van der Waals surface area (Å²) in [5.41, 5.74) is 1.92. The Morgan fingerprint density at radius 1 is 1.33 bits per heavy atom. The number of benzene rings is 1. The zero-order valence-electron chi connectivity index (χ0n) is 20.1. The van der Waals surface area contributed by atoms with Crippen LogP contribution in [0.2, 0.25) is 0 Å². The minimum atomic E-state index is -4.61. The number of aliphatic hydroxyl groups is 1. The first-order valence-electron chi connectivity index (χ1n) is 11.0. The van der Waals surface area contributed by atoms with Gasteiger partial charge in [-0.25, -0.2) is 18.5 Å². The minimum Gasteiger partial charge on any atom is -0.461 e. The molecular weight excluding hydrogens is 500 g/mol. The average Bonchev–Trinajstić information content (AvgIpc) is 3.01. The lowest BCUT2D eigenvalue weighted by molar-refractivity contribution is -0.150. The van der Waals surface area contributed by atoms with E-state index in [9.17, 15) is 24.1 Å². The zero-order chi connectivity index (χ0) is 26.9. The first-order chi connectivity index (χ1) is 16.7. The first-order valence-corrected chi connectivity index (χ1v) is 12.6. The van der Waals surface area contributed by atoms with E-state index in [1.54, 1.807) is 32.0 Å². The molecule has 6 atom stereocenters. The van der Waals surface area contributed by atoms with Crippen LogP contribution in [-0.2, 0) is 23.4 Å². The summed E-state index contributed by atoms with van der Waals surface area (Å²) in [6, 6.07) is 8.75. The number of aromatic amines is 1. The number of nitrogens with two attached hydrogens (primary N) is 1. The molecule has 12 nitrogen and oxygen atoms in total. The highest BCUT2D eigenvalue weighted by Crippen LogP contribution is 2.58. The molecule has 1 aliphatic heterocycles. The fraction of sp³-hybridized carbons (Fsp3) is 0.500. The Labute approximate surface area is 205 Å². The number of para-hydroxylation sites is 1. The molecule has 2 heterocycles. The van der Waals surface area contributed by atoms with Crippen LogP contribution in [0.5, 0.6) is 5.75 Å². The van der Waals surface area contributed by atoms with Crippen LogP contribution >= 0.6 is 7.60 Å². The fourth-order valence-electron chi connectivity index (χ4n) is 3.45. The SMILES string of the molecule is CC(C)OC(=O)C(C)(N)P(=O)(OC[C@H]1O[C@@H](n2ccc(=O)[nH]c2=O)[C@](C)(F)[C@@H]1O)Oc1ccccc1. The van der Waals surface area contributed by atoms with E-state index in [0.29, 0.717) is 0 Å². The van der Waals surface area contributed by atoms with Gasteiger partial charge in [-0.1, -0.05) is 18.2 Å². The van der Waals surface area contributed by atoms with E-state index in [1.165, 1.54) is 12.1 Å². The summed E-state index contributed by atoms with van der Waals surface area (Å²) >= 11 is 0. The molecule has 0 spiro atoms. The largest absolute Gasteiger partial charge is 0.461 e. The van der Waals surface area contributed by atoms with Gasteiger partial charge >= 0.3 is 19.3 Å². The number of H-pyrrole nitrogens is 1. The van der Waals surface area contributed by atoms with E-state index in [2.05, 4.69) is 0 Å². The van der Waals surface area contributed by atoms with Gasteiger partial charge in [-0.3, -0.25) is 18.9 Å². The number of carbonyl (C=O) groups is 1. The lowest BCUT2D eigenvalue weighted by Crippen LogP contribution is -2.49. The molecule has 0 radical (unpaired) electrons. The smallest absolute Gasteiger partial charge is 0.410 e. The number of ether oxygens (including phenoxy) is 2. The van der Waals surface area contributed by atoms with E-state index in [1.807, 2.05) is 4.98 Å². The molecular formula is C22H29FN3O9P. The summed E-state index contributed by atoms with van der Waals surface area (Å²) in [6.07, 6.45) is -4.56. The Balaban J connectivity index is 1.89. The molecule has 1 fully saturated rings. The Hall–Kier alpha value is -2.83. The summed E-state index contributed by atoms with van der Waals surface area (Å²) in [7, 11) is -4.61. The predicted octanol–water partition coefficient (Wildman–Crippen LogP) is 1.44. The molecule has 1 saturated heterocycles. The van der Waals surface area contributed by atoms with Crippen LogP contribution in [0.1, 0.15) is 33.9 Å². The highest BCUT2D eigenvalue weighted by molar-refractivity contribution is 7.57. The second kappa shape index (κ2) is 10.3. The monoisotopic (exact) mass is 529 g/mol. The summed E-state index contributed by atoms with van der Waals surface area (Å²) in [4.78, 5) is 38.2. The second-order valence-corrected chi connectivity index (χ2v) is 11.3. The van der Waals surface area contributed by atoms with Gasteiger partial charge in [-0.15, -0.1) is 0 Å². The predicted molar refractivity (Wildman–Crippen MR) is 125 cm³/mol. The highest BCUT2D eigenvalue weighted by Gasteiger charge is 2.58. The molecule has 0 amide bonds. The van der Waals surface area contributed by atoms with Crippen molar-refractivity contribution in [1.29, 1.82) is 0 Å². The molecule has 1 aromatic heterocycles. The molecule has 14 heteroatoms. The lowest BCUT2D eigenvalue weighted by Gasteiger charge is -2.32. The van der Waals surface area contributed by atoms with Crippen molar-refractivity contribution in [3.63, 3.8) is 0 Å². The van der Waals surface area contributed by atoms with Gasteiger partial charge in [0.05, 0.1) is 12.7 Å². The Morgan fingerprint density at radius 2 is 1.97 bits per heavy atom. The van der Waals surface area contributed by atoms with E-state index in [0.717, 1.165) is 30.7 Å². The van der Waals surface area contributed by atoms with E-state index in [4.69, 9.17) is 24.3 Å². The third-order valence-electron chi connectivity index (χ3n) is 5.52. The van der Waals surface area contributed by atoms with Crippen LogP contribution < -0.4 is 21.5 Å². The maximum atomic E-state index is 15.5. The number of hydrogen-bond acceptors (Lipinski definition) is 10. The topological polar surface area (TPSA) is 172 Å². The van der Waals surface area contributed by atoms with Gasteiger partial charge in [-0.05, 0) is 39.8 Å². The summed E-state index contributed by atoms with van der Waals surface area (Å²) in [6.45, 7) is 4.51. The van der Waals surface area contributed by atoms with Gasteiger partial charge in [-0.2, -0.15) is 0 Å². The van der Waals surface area contributed by atoms with E-state index in [-0.39, 0.29) is 5.75 Å². The fourth-order valence-corrected chi connectivity index (χ4v) is 4.98. The number of hydrogen-bond donors (Lipinski definition) is 3. The Kier molecular flexibility index (Phi) is 7.92. The van der Waals surface area contributed by atoms with Crippen LogP contribution in [0.25, 0.3) is 0 Å². The maximum Gasteiger partial charge on any atom is 0.410 e. The molecule has 198 valence electrons. The number of halogens is 1. The number of nitrogens with one attached hydrogen (secondary N) is 1. The van der Waals surface area contributed by atoms with Crippen molar-refractivity contribution in [3.05, 3.63) is 63.4 Å². The molecule has 2 aromatic rings. The van der Waals surface area contributed by atoms with Crippen LogP contribution in [0.3, 0.4) is 0 Å². The quantitative estimate of drug-likeness (QED) is 0.319. The van der Waals surface area contributed by atoms with Gasteiger partial charge < -0.3 is 24.8 Å². The number of carbonyl (C=O) groups excluding carboxylic acids is 1. The van der Waals surface area contributed by atoms with Crippen LogP contribution in [0.4, 0.5) is 4.39 Å². The molecule has 0 saturated carbocycles. The van der Waals surface area contributed by atoms with E-state index < -0.39 is 66.9 Å². The first kappa shape index (κ1) is 27.8. The van der Waals surface area contributed by atoms with Crippen molar-refractivity contribution in [3.8, 4) is 5.75 Å². The van der Waals surface area contributed by atoms with Crippen molar-refractivity contribution in [2.24, 2.45) is 5.73 Å². The van der Waals surface area contributed by atoms with Crippen LogP contribution in [0.15, 0.2) is 52.2 Å². The molecule has 2 unspecified atom stereocenters. The van der Waals surface area contributed by atoms with Crippen LogP contribution in [-0.4, -0.2) is 56.5 Å². The third-order valence-corrected chi connectivity index (χ3v) is 7.78. The summed E-state index contributed by atoms with van der Waals surface area (Å²) < 4.78 is 51.8. The maximum absolute atomic E-state index is 15.5. The van der Waals surface area contributed by atoms with Gasteiger partial charge in [0.25, 0.3) is 5.56 Å². The number of rotatable bonds is 9. The highest BCUT2D eigenvalue weighted by atomic mass is 31.2. The standard InChI is InChI=1S/C22H29FN3O9P/c1-13(2)33-19(29)22(4,24)36(31,35-14-8-6-5-7-9-14)32-12-15-17(28)21(3,23)18(34-15)26-11-10-16(27)25-20(26)30/h5-11,13,15,17-18,28H,12,24H2,1-4H3,(H,25,27,30)/t15-,17-,18-,21-,22?,36?/m1/s1. The molecule has 36 heavy (non-hydrogen) atoms. The van der Waals surface area contributed by atoms with Crippen molar-refractivity contribution >= 4 is 13.6 Å². The van der Waals surface area contributed by atoms with Crippen molar-refractivity contribution in [2.45, 2.75) is 63.2 Å². The number of esters is 1. The van der Waals surface area contributed by atoms with Gasteiger partial charge in [0.1, 0.15) is 18.0 Å². The van der Waals surface area contributed by atoms with Crippen molar-refractivity contribution in [2.75, 3.05) is 6.61 Å². The Morgan fingerprint density at radius 3 is 2.56 bits per heavy atom. The molecule has 1 aromatic carbocycles. The molecule has 4 N–H and O–H groups in total. The molecule has 1 aliphatic rings. The normalized spacial score (nSPS) is 27.3. The number of aromatic nitrogens is 2. The van der Waals surface area contributed by atoms with Gasteiger partial charge in [0.2, 0.25) is 5.28 Å². The van der Waals surface area contributed by atoms with Crippen molar-refractivity contribution in [1.82, 2.24) is 9.55 Å². The summed E-state index contributed by atoms with van der Waals surface area (Å²) in [5, 5.41) is 8.29. The second-order valence-electron chi connectivity index (χ2n) is 8.94.